The lowest BCUT2D eigenvalue weighted by atomic mass is 10.6. The van der Waals surface area contributed by atoms with Crippen LogP contribution in [0.15, 0.2) is 5.38 Å². The number of hydroxylamine groups is 1. The van der Waals surface area contributed by atoms with Crippen LogP contribution in [0.25, 0.3) is 0 Å². The van der Waals surface area contributed by atoms with Crippen molar-refractivity contribution in [2.45, 2.75) is 6.92 Å². The summed E-state index contributed by atoms with van der Waals surface area (Å²) in [5, 5.41) is 2.75. The second-order valence-corrected chi connectivity index (χ2v) is 3.60. The van der Waals surface area contributed by atoms with Gasteiger partial charge >= 0.3 is 5.97 Å². The van der Waals surface area contributed by atoms with E-state index in [1.165, 1.54) is 25.4 Å². The van der Waals surface area contributed by atoms with Crippen molar-refractivity contribution < 1.29 is 19.2 Å². The summed E-state index contributed by atoms with van der Waals surface area (Å²) >= 11 is 1.17. The van der Waals surface area contributed by atoms with Crippen LogP contribution in [0.2, 0.25) is 0 Å². The molecule has 1 aromatic heterocycles. The number of aromatic nitrogens is 1. The minimum atomic E-state index is -0.588. The van der Waals surface area contributed by atoms with Crippen LogP contribution < -0.4 is 10.8 Å². The number of hydrogen-bond donors (Lipinski definition) is 1. The molecule has 0 atom stereocenters. The Bertz CT molecular complexity index is 392. The zero-order chi connectivity index (χ0) is 12.1. The number of thiazole rings is 1. The quantitative estimate of drug-likeness (QED) is 0.600. The minimum absolute atomic E-state index is 0.249. The molecule has 8 heteroatoms. The molecule has 0 aliphatic heterocycles. The van der Waals surface area contributed by atoms with E-state index >= 15 is 0 Å². The number of rotatable bonds is 4. The Labute approximate surface area is 95.7 Å². The molecular weight excluding hydrogens is 234 g/mol. The molecule has 0 fully saturated rings. The van der Waals surface area contributed by atoms with Gasteiger partial charge in [-0.05, 0) is 0 Å². The summed E-state index contributed by atoms with van der Waals surface area (Å²) in [4.78, 5) is 30.9. The zero-order valence-electron chi connectivity index (χ0n) is 8.80. The van der Waals surface area contributed by atoms with E-state index in [-0.39, 0.29) is 12.4 Å². The molecule has 7 nitrogen and oxygen atoms in total. The van der Waals surface area contributed by atoms with Crippen LogP contribution >= 0.6 is 11.3 Å². The second kappa shape index (κ2) is 5.42. The molecule has 0 bridgehead atoms. The van der Waals surface area contributed by atoms with Crippen molar-refractivity contribution in [2.24, 2.45) is 0 Å². The lowest BCUT2D eigenvalue weighted by Gasteiger charge is -2.16. The predicted molar refractivity (Wildman–Crippen MR) is 57.7 cm³/mol. The number of ether oxygens (including phenoxy) is 1. The fourth-order valence-corrected chi connectivity index (χ4v) is 1.39. The van der Waals surface area contributed by atoms with Gasteiger partial charge in [0.2, 0.25) is 5.91 Å². The average molecular weight is 245 g/mol. The molecule has 0 spiro atoms. The highest BCUT2D eigenvalue weighted by Crippen LogP contribution is 2.20. The third kappa shape index (κ3) is 3.17. The normalized spacial score (nSPS) is 9.88. The monoisotopic (exact) mass is 245 g/mol. The lowest BCUT2D eigenvalue weighted by Crippen LogP contribution is -2.31. The highest BCUT2D eigenvalue weighted by molar-refractivity contribution is 7.13. The van der Waals surface area contributed by atoms with Crippen molar-refractivity contribution in [3.63, 3.8) is 0 Å². The van der Waals surface area contributed by atoms with Crippen LogP contribution in [0.4, 0.5) is 10.9 Å². The first kappa shape index (κ1) is 12.4. The highest BCUT2D eigenvalue weighted by Gasteiger charge is 2.17. The molecule has 1 rings (SSSR count). The number of anilines is 2. The van der Waals surface area contributed by atoms with Gasteiger partial charge in [-0.15, -0.1) is 11.3 Å². The molecule has 0 saturated carbocycles. The maximum atomic E-state index is 11.2. The van der Waals surface area contributed by atoms with E-state index < -0.39 is 11.9 Å². The molecule has 1 aromatic rings. The summed E-state index contributed by atoms with van der Waals surface area (Å²) in [7, 11) is 1.23. The van der Waals surface area contributed by atoms with E-state index in [0.717, 1.165) is 5.06 Å². The standard InChI is InChI=1S/C8H11N3O4S/c1-5(12)11(15-3-7(13)14-2)6-4-16-8(9)10-6/h4H,3H2,1-2H3,(H2,9,10). The molecule has 1 amide bonds. The highest BCUT2D eigenvalue weighted by atomic mass is 32.1. The molecule has 2 N–H and O–H groups in total. The van der Waals surface area contributed by atoms with Gasteiger partial charge in [0.25, 0.3) is 0 Å². The summed E-state index contributed by atoms with van der Waals surface area (Å²) in [6, 6.07) is 0. The Hall–Kier alpha value is -1.67. The summed E-state index contributed by atoms with van der Waals surface area (Å²) in [6.45, 7) is 0.917. The Morgan fingerprint density at radius 1 is 1.62 bits per heavy atom. The second-order valence-electron chi connectivity index (χ2n) is 2.71. The van der Waals surface area contributed by atoms with Crippen LogP contribution in [0.5, 0.6) is 0 Å². The molecule has 16 heavy (non-hydrogen) atoms. The number of amides is 1. The van der Waals surface area contributed by atoms with Gasteiger partial charge in [-0.2, -0.15) is 5.06 Å². The van der Waals surface area contributed by atoms with Crippen molar-refractivity contribution in [1.29, 1.82) is 0 Å². The van der Waals surface area contributed by atoms with Crippen LogP contribution in [-0.2, 0) is 19.2 Å². The van der Waals surface area contributed by atoms with Crippen molar-refractivity contribution in [3.8, 4) is 0 Å². The molecule has 0 aromatic carbocycles. The summed E-state index contributed by atoms with van der Waals surface area (Å²) in [5.41, 5.74) is 5.42. The van der Waals surface area contributed by atoms with E-state index in [9.17, 15) is 9.59 Å². The smallest absolute Gasteiger partial charge is 0.334 e. The largest absolute Gasteiger partial charge is 0.467 e. The lowest BCUT2D eigenvalue weighted by molar-refractivity contribution is -0.147. The van der Waals surface area contributed by atoms with E-state index in [0.29, 0.717) is 5.13 Å². The third-order valence-electron chi connectivity index (χ3n) is 1.54. The fraction of sp³-hybridized carbons (Fsp3) is 0.375. The summed E-state index contributed by atoms with van der Waals surface area (Å²) < 4.78 is 4.38. The SMILES string of the molecule is COC(=O)CON(C(C)=O)c1csc(N)n1. The first-order chi connectivity index (χ1) is 7.54. The first-order valence-electron chi connectivity index (χ1n) is 4.26. The van der Waals surface area contributed by atoms with Gasteiger partial charge in [-0.1, -0.05) is 0 Å². The number of carbonyl (C=O) groups excluding carboxylic acids is 2. The van der Waals surface area contributed by atoms with Crippen molar-refractivity contribution in [1.82, 2.24) is 4.98 Å². The van der Waals surface area contributed by atoms with E-state index in [4.69, 9.17) is 10.6 Å². The average Bonchev–Trinajstić information content (AvgIpc) is 2.64. The van der Waals surface area contributed by atoms with Crippen molar-refractivity contribution in [2.75, 3.05) is 24.5 Å². The third-order valence-corrected chi connectivity index (χ3v) is 2.20. The number of carbonyl (C=O) groups is 2. The van der Waals surface area contributed by atoms with Crippen molar-refractivity contribution in [3.05, 3.63) is 5.38 Å². The topological polar surface area (TPSA) is 94.8 Å². The maximum absolute atomic E-state index is 11.2. The number of nitrogens with two attached hydrogens (primary N) is 1. The van der Waals surface area contributed by atoms with Crippen LogP contribution in [-0.4, -0.2) is 30.6 Å². The van der Waals surface area contributed by atoms with E-state index in [1.54, 1.807) is 5.38 Å². The molecule has 0 radical (unpaired) electrons. The van der Waals surface area contributed by atoms with Crippen LogP contribution in [0.1, 0.15) is 6.92 Å². The van der Waals surface area contributed by atoms with E-state index in [1.807, 2.05) is 0 Å². The number of nitrogens with zero attached hydrogens (tertiary/aromatic N) is 2. The van der Waals surface area contributed by atoms with Gasteiger partial charge in [0.05, 0.1) is 7.11 Å². The summed E-state index contributed by atoms with van der Waals surface area (Å²) in [6.07, 6.45) is 0. The van der Waals surface area contributed by atoms with Crippen LogP contribution in [0.3, 0.4) is 0 Å². The molecule has 1 heterocycles. The molecular formula is C8H11N3O4S. The Balaban J connectivity index is 2.69. The molecule has 88 valence electrons. The van der Waals surface area contributed by atoms with Gasteiger partial charge < -0.3 is 10.5 Å². The number of esters is 1. The first-order valence-corrected chi connectivity index (χ1v) is 5.14. The molecule has 0 aliphatic rings. The number of hydrogen-bond acceptors (Lipinski definition) is 7. The maximum Gasteiger partial charge on any atom is 0.334 e. The molecule has 0 unspecified atom stereocenters. The van der Waals surface area contributed by atoms with E-state index in [2.05, 4.69) is 9.72 Å². The Kier molecular flexibility index (Phi) is 4.20. The Morgan fingerprint density at radius 3 is 2.75 bits per heavy atom. The predicted octanol–water partition coefficient (Wildman–Crippen LogP) is 0.183. The van der Waals surface area contributed by atoms with Gasteiger partial charge in [-0.3, -0.25) is 9.63 Å². The number of methoxy groups -OCH3 is 1. The fourth-order valence-electron chi connectivity index (χ4n) is 0.866. The molecule has 0 saturated heterocycles. The Morgan fingerprint density at radius 2 is 2.31 bits per heavy atom. The van der Waals surface area contributed by atoms with Gasteiger partial charge in [-0.25, -0.2) is 9.78 Å². The van der Waals surface area contributed by atoms with Gasteiger partial charge in [0, 0.05) is 12.3 Å². The van der Waals surface area contributed by atoms with Crippen molar-refractivity contribution >= 4 is 34.2 Å². The minimum Gasteiger partial charge on any atom is -0.467 e. The van der Waals surface area contributed by atoms with Gasteiger partial charge in [0.1, 0.15) is 0 Å². The molecule has 0 aliphatic carbocycles. The van der Waals surface area contributed by atoms with Gasteiger partial charge in [0.15, 0.2) is 17.6 Å². The van der Waals surface area contributed by atoms with Crippen LogP contribution in [0, 0.1) is 0 Å². The zero-order valence-corrected chi connectivity index (χ0v) is 9.61. The summed E-state index contributed by atoms with van der Waals surface area (Å²) in [5.74, 6) is -0.748. The number of nitrogen functional groups attached to an aromatic ring is 1.